The van der Waals surface area contributed by atoms with Gasteiger partial charge in [0.2, 0.25) is 0 Å². The Kier molecular flexibility index (Phi) is 4.82. The van der Waals surface area contributed by atoms with E-state index >= 15 is 0 Å². The van der Waals surface area contributed by atoms with Crippen LogP contribution in [-0.4, -0.2) is 14.2 Å². The predicted octanol–water partition coefficient (Wildman–Crippen LogP) is 3.62. The SMILES string of the molecule is COc1cccc(CNC(C)c2ccsc2)c1OC. The Balaban J connectivity index is 2.07. The minimum Gasteiger partial charge on any atom is -0.493 e. The minimum atomic E-state index is 0.321. The molecule has 0 amide bonds. The van der Waals surface area contributed by atoms with E-state index < -0.39 is 0 Å². The molecule has 0 saturated heterocycles. The van der Waals surface area contributed by atoms with Crippen LogP contribution in [0.15, 0.2) is 35.0 Å². The van der Waals surface area contributed by atoms with Gasteiger partial charge in [0.1, 0.15) is 0 Å². The summed E-state index contributed by atoms with van der Waals surface area (Å²) in [6.07, 6.45) is 0. The third-order valence-corrected chi connectivity index (χ3v) is 3.83. The molecule has 2 rings (SSSR count). The van der Waals surface area contributed by atoms with Gasteiger partial charge in [-0.25, -0.2) is 0 Å². The summed E-state index contributed by atoms with van der Waals surface area (Å²) in [5.41, 5.74) is 2.41. The van der Waals surface area contributed by atoms with E-state index in [0.717, 1.165) is 23.6 Å². The number of hydrogen-bond acceptors (Lipinski definition) is 4. The molecule has 0 aliphatic rings. The topological polar surface area (TPSA) is 30.5 Å². The number of thiophene rings is 1. The number of rotatable bonds is 6. The van der Waals surface area contributed by atoms with E-state index in [1.54, 1.807) is 25.6 Å². The van der Waals surface area contributed by atoms with Gasteiger partial charge in [0.05, 0.1) is 14.2 Å². The fraction of sp³-hybridized carbons (Fsp3) is 0.333. The van der Waals surface area contributed by atoms with E-state index in [9.17, 15) is 0 Å². The van der Waals surface area contributed by atoms with Gasteiger partial charge in [-0.2, -0.15) is 11.3 Å². The van der Waals surface area contributed by atoms with Crippen molar-refractivity contribution >= 4 is 11.3 Å². The van der Waals surface area contributed by atoms with Gasteiger partial charge in [0.15, 0.2) is 11.5 Å². The highest BCUT2D eigenvalue weighted by molar-refractivity contribution is 7.07. The fourth-order valence-electron chi connectivity index (χ4n) is 2.00. The summed E-state index contributed by atoms with van der Waals surface area (Å²) in [7, 11) is 3.33. The Hall–Kier alpha value is -1.52. The van der Waals surface area contributed by atoms with Crippen molar-refractivity contribution in [3.8, 4) is 11.5 Å². The van der Waals surface area contributed by atoms with Crippen molar-refractivity contribution < 1.29 is 9.47 Å². The number of hydrogen-bond donors (Lipinski definition) is 1. The van der Waals surface area contributed by atoms with Crippen LogP contribution < -0.4 is 14.8 Å². The summed E-state index contributed by atoms with van der Waals surface area (Å²) in [6, 6.07) is 8.40. The maximum absolute atomic E-state index is 5.43. The van der Waals surface area contributed by atoms with Gasteiger partial charge >= 0.3 is 0 Å². The molecular formula is C15H19NO2S. The van der Waals surface area contributed by atoms with Crippen LogP contribution in [0.2, 0.25) is 0 Å². The average Bonchev–Trinajstić information content (AvgIpc) is 2.98. The third-order valence-electron chi connectivity index (χ3n) is 3.13. The van der Waals surface area contributed by atoms with Crippen molar-refractivity contribution in [3.63, 3.8) is 0 Å². The lowest BCUT2D eigenvalue weighted by Crippen LogP contribution is -2.18. The highest BCUT2D eigenvalue weighted by atomic mass is 32.1. The summed E-state index contributed by atoms with van der Waals surface area (Å²) in [6.45, 7) is 2.91. The van der Waals surface area contributed by atoms with Crippen molar-refractivity contribution in [2.75, 3.05) is 14.2 Å². The third kappa shape index (κ3) is 3.28. The number of nitrogens with one attached hydrogen (secondary N) is 1. The van der Waals surface area contributed by atoms with E-state index in [1.165, 1.54) is 5.56 Å². The number of benzene rings is 1. The molecule has 1 aromatic carbocycles. The van der Waals surface area contributed by atoms with Crippen molar-refractivity contribution in [2.45, 2.75) is 19.5 Å². The summed E-state index contributed by atoms with van der Waals surface area (Å²) in [5, 5.41) is 7.76. The van der Waals surface area contributed by atoms with Gasteiger partial charge in [-0.05, 0) is 35.4 Å². The van der Waals surface area contributed by atoms with Crippen LogP contribution >= 0.6 is 11.3 Å². The van der Waals surface area contributed by atoms with Crippen LogP contribution in [0, 0.1) is 0 Å². The molecule has 1 atom stereocenters. The molecule has 0 aliphatic heterocycles. The van der Waals surface area contributed by atoms with E-state index in [2.05, 4.69) is 35.1 Å². The van der Waals surface area contributed by atoms with Gasteiger partial charge in [0, 0.05) is 18.2 Å². The first kappa shape index (κ1) is 13.9. The molecule has 1 unspecified atom stereocenters. The lowest BCUT2D eigenvalue weighted by atomic mass is 10.1. The molecule has 0 bridgehead atoms. The van der Waals surface area contributed by atoms with Gasteiger partial charge < -0.3 is 14.8 Å². The van der Waals surface area contributed by atoms with E-state index in [0.29, 0.717) is 6.04 Å². The minimum absolute atomic E-state index is 0.321. The summed E-state index contributed by atoms with van der Waals surface area (Å²) in [4.78, 5) is 0. The summed E-state index contributed by atoms with van der Waals surface area (Å²) >= 11 is 1.72. The maximum atomic E-state index is 5.43. The maximum Gasteiger partial charge on any atom is 0.165 e. The molecule has 0 spiro atoms. The Bertz CT molecular complexity index is 511. The number of para-hydroxylation sites is 1. The van der Waals surface area contributed by atoms with E-state index in [-0.39, 0.29) is 0 Å². The fourth-order valence-corrected chi connectivity index (χ4v) is 2.75. The molecule has 0 saturated carbocycles. The molecule has 1 heterocycles. The molecule has 1 N–H and O–H groups in total. The van der Waals surface area contributed by atoms with E-state index in [4.69, 9.17) is 9.47 Å². The van der Waals surface area contributed by atoms with Crippen LogP contribution in [0.4, 0.5) is 0 Å². The number of methoxy groups -OCH3 is 2. The highest BCUT2D eigenvalue weighted by Gasteiger charge is 2.11. The monoisotopic (exact) mass is 277 g/mol. The molecule has 1 aromatic heterocycles. The van der Waals surface area contributed by atoms with Crippen LogP contribution in [0.5, 0.6) is 11.5 Å². The van der Waals surface area contributed by atoms with Crippen LogP contribution in [0.1, 0.15) is 24.1 Å². The lowest BCUT2D eigenvalue weighted by molar-refractivity contribution is 0.350. The zero-order chi connectivity index (χ0) is 13.7. The Morgan fingerprint density at radius 1 is 1.21 bits per heavy atom. The highest BCUT2D eigenvalue weighted by Crippen LogP contribution is 2.31. The van der Waals surface area contributed by atoms with E-state index in [1.807, 2.05) is 12.1 Å². The van der Waals surface area contributed by atoms with Crippen molar-refractivity contribution in [1.29, 1.82) is 0 Å². The molecule has 3 nitrogen and oxygen atoms in total. The quantitative estimate of drug-likeness (QED) is 0.875. The molecule has 2 aromatic rings. The van der Waals surface area contributed by atoms with Crippen molar-refractivity contribution in [3.05, 3.63) is 46.2 Å². The Labute approximate surface area is 118 Å². The predicted molar refractivity (Wildman–Crippen MR) is 79.1 cm³/mol. The number of ether oxygens (including phenoxy) is 2. The standard InChI is InChI=1S/C15H19NO2S/c1-11(13-7-8-19-10-13)16-9-12-5-4-6-14(17-2)15(12)18-3/h4-8,10-11,16H,9H2,1-3H3. The van der Waals surface area contributed by atoms with Gasteiger partial charge in [-0.15, -0.1) is 0 Å². The first-order valence-electron chi connectivity index (χ1n) is 6.21. The normalized spacial score (nSPS) is 12.2. The summed E-state index contributed by atoms with van der Waals surface area (Å²) in [5.74, 6) is 1.57. The average molecular weight is 277 g/mol. The molecule has 0 radical (unpaired) electrons. The smallest absolute Gasteiger partial charge is 0.165 e. The Morgan fingerprint density at radius 2 is 2.05 bits per heavy atom. The van der Waals surface area contributed by atoms with Crippen LogP contribution in [-0.2, 0) is 6.54 Å². The molecular weight excluding hydrogens is 258 g/mol. The second-order valence-corrected chi connectivity index (χ2v) is 5.09. The molecule has 102 valence electrons. The van der Waals surface area contributed by atoms with Crippen LogP contribution in [0.3, 0.4) is 0 Å². The van der Waals surface area contributed by atoms with Crippen molar-refractivity contribution in [1.82, 2.24) is 5.32 Å². The Morgan fingerprint density at radius 3 is 2.68 bits per heavy atom. The second-order valence-electron chi connectivity index (χ2n) is 4.31. The van der Waals surface area contributed by atoms with Gasteiger partial charge in [-0.3, -0.25) is 0 Å². The molecule has 4 heteroatoms. The van der Waals surface area contributed by atoms with Gasteiger partial charge in [0.25, 0.3) is 0 Å². The summed E-state index contributed by atoms with van der Waals surface area (Å²) < 4.78 is 10.7. The first-order chi connectivity index (χ1) is 9.26. The first-order valence-corrected chi connectivity index (χ1v) is 7.16. The second kappa shape index (κ2) is 6.59. The van der Waals surface area contributed by atoms with Gasteiger partial charge in [-0.1, -0.05) is 12.1 Å². The lowest BCUT2D eigenvalue weighted by Gasteiger charge is -2.16. The zero-order valence-corrected chi connectivity index (χ0v) is 12.3. The molecule has 0 fully saturated rings. The largest absolute Gasteiger partial charge is 0.493 e. The van der Waals surface area contributed by atoms with Crippen LogP contribution in [0.25, 0.3) is 0 Å². The zero-order valence-electron chi connectivity index (χ0n) is 11.5. The molecule has 19 heavy (non-hydrogen) atoms. The van der Waals surface area contributed by atoms with Crippen molar-refractivity contribution in [2.24, 2.45) is 0 Å². The molecule has 0 aliphatic carbocycles.